The highest BCUT2D eigenvalue weighted by molar-refractivity contribution is 9.10. The van der Waals surface area contributed by atoms with Gasteiger partial charge in [0.05, 0.1) is 4.34 Å². The summed E-state index contributed by atoms with van der Waals surface area (Å²) in [5, 5.41) is 10.1. The van der Waals surface area contributed by atoms with Crippen molar-refractivity contribution >= 4 is 38.9 Å². The minimum atomic E-state index is -0.785. The van der Waals surface area contributed by atoms with Gasteiger partial charge in [-0.05, 0) is 24.3 Å². The zero-order valence-electron chi connectivity index (χ0n) is 7.95. The Bertz CT molecular complexity index is 514. The van der Waals surface area contributed by atoms with E-state index >= 15 is 0 Å². The molecule has 2 aromatic rings. The lowest BCUT2D eigenvalue weighted by Gasteiger charge is -2.10. The van der Waals surface area contributed by atoms with Crippen LogP contribution in [0.25, 0.3) is 0 Å². The molecule has 1 heterocycles. The Kier molecular flexibility index (Phi) is 3.64. The largest absolute Gasteiger partial charge is 0.383 e. The minimum Gasteiger partial charge on any atom is -0.383 e. The van der Waals surface area contributed by atoms with E-state index in [1.165, 1.54) is 23.5 Å². The average Bonchev–Trinajstić information content (AvgIpc) is 2.64. The summed E-state index contributed by atoms with van der Waals surface area (Å²) < 4.78 is 14.1. The van der Waals surface area contributed by atoms with E-state index in [2.05, 4.69) is 15.9 Å². The molecule has 0 saturated heterocycles. The van der Waals surface area contributed by atoms with Gasteiger partial charge in [-0.15, -0.1) is 11.3 Å². The smallest absolute Gasteiger partial charge is 0.124 e. The predicted octanol–water partition coefficient (Wildman–Crippen LogP) is 4.38. The number of rotatable bonds is 2. The van der Waals surface area contributed by atoms with E-state index in [1.54, 1.807) is 18.2 Å². The van der Waals surface area contributed by atoms with Crippen molar-refractivity contribution < 1.29 is 9.50 Å². The maximum atomic E-state index is 12.9. The third kappa shape index (κ3) is 2.46. The van der Waals surface area contributed by atoms with Gasteiger partial charge in [0.1, 0.15) is 11.9 Å². The van der Waals surface area contributed by atoms with Crippen molar-refractivity contribution in [1.82, 2.24) is 0 Å². The van der Waals surface area contributed by atoms with Crippen molar-refractivity contribution in [3.63, 3.8) is 0 Å². The standard InChI is InChI=1S/C11H7BrClFOS/c12-8-5-6(14)1-2-7(8)11(15)9-3-4-10(13)16-9/h1-5,11,15H. The maximum absolute atomic E-state index is 12.9. The van der Waals surface area contributed by atoms with Crippen molar-refractivity contribution in [3.8, 4) is 0 Å². The van der Waals surface area contributed by atoms with Crippen molar-refractivity contribution in [2.75, 3.05) is 0 Å². The number of hydrogen-bond acceptors (Lipinski definition) is 2. The second-order valence-electron chi connectivity index (χ2n) is 3.21. The molecule has 84 valence electrons. The van der Waals surface area contributed by atoms with Gasteiger partial charge in [0, 0.05) is 14.9 Å². The van der Waals surface area contributed by atoms with E-state index in [9.17, 15) is 9.50 Å². The molecule has 1 nitrogen and oxygen atoms in total. The summed E-state index contributed by atoms with van der Waals surface area (Å²) in [4.78, 5) is 0.734. The van der Waals surface area contributed by atoms with E-state index in [0.29, 0.717) is 14.4 Å². The fraction of sp³-hybridized carbons (Fsp3) is 0.0909. The average molecular weight is 322 g/mol. The lowest BCUT2D eigenvalue weighted by molar-refractivity contribution is 0.223. The van der Waals surface area contributed by atoms with Gasteiger partial charge in [0.15, 0.2) is 0 Å². The second-order valence-corrected chi connectivity index (χ2v) is 5.81. The molecule has 5 heteroatoms. The fourth-order valence-electron chi connectivity index (χ4n) is 1.35. The highest BCUT2D eigenvalue weighted by Crippen LogP contribution is 2.34. The summed E-state index contributed by atoms with van der Waals surface area (Å²) in [5.41, 5.74) is 0.625. The molecule has 0 saturated carbocycles. The highest BCUT2D eigenvalue weighted by atomic mass is 79.9. The summed E-state index contributed by atoms with van der Waals surface area (Å²) in [6, 6.07) is 7.68. The van der Waals surface area contributed by atoms with Crippen LogP contribution >= 0.6 is 38.9 Å². The van der Waals surface area contributed by atoms with Crippen LogP contribution in [0.2, 0.25) is 4.34 Å². The van der Waals surface area contributed by atoms with Gasteiger partial charge in [-0.1, -0.05) is 33.6 Å². The van der Waals surface area contributed by atoms with Crippen LogP contribution in [0.3, 0.4) is 0 Å². The van der Waals surface area contributed by atoms with Crippen LogP contribution in [0.5, 0.6) is 0 Å². The molecule has 0 spiro atoms. The summed E-state index contributed by atoms with van der Waals surface area (Å²) in [7, 11) is 0. The van der Waals surface area contributed by atoms with Crippen LogP contribution < -0.4 is 0 Å². The molecular weight excluding hydrogens is 315 g/mol. The summed E-state index contributed by atoms with van der Waals surface area (Å²) in [6.07, 6.45) is -0.785. The molecule has 0 fully saturated rings. The first-order valence-corrected chi connectivity index (χ1v) is 6.45. The number of hydrogen-bond donors (Lipinski definition) is 1. The Balaban J connectivity index is 2.37. The molecule has 1 unspecified atom stereocenters. The van der Waals surface area contributed by atoms with Gasteiger partial charge in [0.2, 0.25) is 0 Å². The van der Waals surface area contributed by atoms with Crippen molar-refractivity contribution in [1.29, 1.82) is 0 Å². The van der Waals surface area contributed by atoms with E-state index in [0.717, 1.165) is 4.88 Å². The molecule has 1 atom stereocenters. The Morgan fingerprint density at radius 3 is 2.62 bits per heavy atom. The molecule has 0 aliphatic heterocycles. The van der Waals surface area contributed by atoms with Crippen molar-refractivity contribution in [3.05, 3.63) is 55.4 Å². The van der Waals surface area contributed by atoms with E-state index < -0.39 is 6.10 Å². The maximum Gasteiger partial charge on any atom is 0.124 e. The highest BCUT2D eigenvalue weighted by Gasteiger charge is 2.15. The quantitative estimate of drug-likeness (QED) is 0.870. The van der Waals surface area contributed by atoms with Gasteiger partial charge in [-0.3, -0.25) is 0 Å². The lowest BCUT2D eigenvalue weighted by Crippen LogP contribution is -1.98. The van der Waals surface area contributed by atoms with Gasteiger partial charge < -0.3 is 5.11 Å². The number of aliphatic hydroxyl groups is 1. The fourth-order valence-corrected chi connectivity index (χ4v) is 2.99. The van der Waals surface area contributed by atoms with Gasteiger partial charge >= 0.3 is 0 Å². The molecule has 0 aliphatic rings. The van der Waals surface area contributed by atoms with Crippen molar-refractivity contribution in [2.45, 2.75) is 6.10 Å². The zero-order chi connectivity index (χ0) is 11.7. The third-order valence-electron chi connectivity index (χ3n) is 2.12. The van der Waals surface area contributed by atoms with E-state index in [4.69, 9.17) is 11.6 Å². The topological polar surface area (TPSA) is 20.2 Å². The first-order chi connectivity index (χ1) is 7.58. The molecule has 1 aromatic heterocycles. The molecule has 1 aromatic carbocycles. The Morgan fingerprint density at radius 1 is 1.31 bits per heavy atom. The Labute approximate surface area is 110 Å². The predicted molar refractivity (Wildman–Crippen MR) is 67.5 cm³/mol. The van der Waals surface area contributed by atoms with Gasteiger partial charge in [-0.2, -0.15) is 0 Å². The number of thiophene rings is 1. The summed E-state index contributed by atoms with van der Waals surface area (Å²) in [6.45, 7) is 0. The summed E-state index contributed by atoms with van der Waals surface area (Å²) >= 11 is 10.3. The van der Waals surface area contributed by atoms with Crippen LogP contribution in [0.4, 0.5) is 4.39 Å². The molecule has 0 aliphatic carbocycles. The Morgan fingerprint density at radius 2 is 2.06 bits per heavy atom. The second kappa shape index (κ2) is 4.84. The molecule has 16 heavy (non-hydrogen) atoms. The van der Waals surface area contributed by atoms with Gasteiger partial charge in [0.25, 0.3) is 0 Å². The number of halogens is 3. The molecule has 0 amide bonds. The first-order valence-electron chi connectivity index (χ1n) is 4.46. The van der Waals surface area contributed by atoms with Gasteiger partial charge in [-0.25, -0.2) is 4.39 Å². The van der Waals surface area contributed by atoms with E-state index in [-0.39, 0.29) is 5.82 Å². The normalized spacial score (nSPS) is 12.8. The molecule has 1 N–H and O–H groups in total. The van der Waals surface area contributed by atoms with Crippen LogP contribution in [0, 0.1) is 5.82 Å². The first kappa shape index (κ1) is 12.0. The van der Waals surface area contributed by atoms with Crippen LogP contribution in [-0.2, 0) is 0 Å². The molecule has 0 bridgehead atoms. The SMILES string of the molecule is OC(c1ccc(Cl)s1)c1ccc(F)cc1Br. The number of benzene rings is 1. The lowest BCUT2D eigenvalue weighted by atomic mass is 10.1. The molecule has 0 radical (unpaired) electrons. The Hall–Kier alpha value is -0.420. The monoisotopic (exact) mass is 320 g/mol. The number of aliphatic hydroxyl groups excluding tert-OH is 1. The zero-order valence-corrected chi connectivity index (χ0v) is 11.1. The van der Waals surface area contributed by atoms with Crippen LogP contribution in [-0.4, -0.2) is 5.11 Å². The van der Waals surface area contributed by atoms with Crippen molar-refractivity contribution in [2.24, 2.45) is 0 Å². The minimum absolute atomic E-state index is 0.341. The third-order valence-corrected chi connectivity index (χ3v) is 4.09. The van der Waals surface area contributed by atoms with Crippen LogP contribution in [0.15, 0.2) is 34.8 Å². The van der Waals surface area contributed by atoms with Crippen LogP contribution in [0.1, 0.15) is 16.5 Å². The molecular formula is C11H7BrClFOS. The van der Waals surface area contributed by atoms with E-state index in [1.807, 2.05) is 0 Å². The molecule has 2 rings (SSSR count). The summed E-state index contributed by atoms with van der Waals surface area (Å²) in [5.74, 6) is -0.341.